The molecule has 1 atom stereocenters. The lowest BCUT2D eigenvalue weighted by Crippen LogP contribution is -2.43. The Morgan fingerprint density at radius 3 is 2.83 bits per heavy atom. The first-order valence-electron chi connectivity index (χ1n) is 7.62. The molecule has 2 amide bonds. The smallest absolute Gasteiger partial charge is 0.257 e. The first kappa shape index (κ1) is 16.9. The monoisotopic (exact) mass is 366 g/mol. The summed E-state index contributed by atoms with van der Waals surface area (Å²) in [6, 6.07) is 6.70. The highest BCUT2D eigenvalue weighted by molar-refractivity contribution is 6.44. The second kappa shape index (κ2) is 7.28. The second-order valence-corrected chi connectivity index (χ2v) is 6.48. The molecule has 126 valence electrons. The number of amides is 2. The van der Waals surface area contributed by atoms with Gasteiger partial charge in [0.05, 0.1) is 33.5 Å². The topological polar surface area (TPSA) is 62.6 Å². The molecular formula is C17H16Cl2N2O3. The van der Waals surface area contributed by atoms with Gasteiger partial charge in [-0.15, -0.1) is 0 Å². The van der Waals surface area contributed by atoms with E-state index in [0.717, 1.165) is 12.8 Å². The summed E-state index contributed by atoms with van der Waals surface area (Å²) in [4.78, 5) is 26.6. The minimum atomic E-state index is -0.287. The average molecular weight is 367 g/mol. The summed E-state index contributed by atoms with van der Waals surface area (Å²) in [7, 11) is 0. The Morgan fingerprint density at radius 1 is 1.25 bits per heavy atom. The molecule has 0 radical (unpaired) electrons. The van der Waals surface area contributed by atoms with Crippen molar-refractivity contribution in [2.75, 3.05) is 18.4 Å². The van der Waals surface area contributed by atoms with Crippen molar-refractivity contribution in [1.29, 1.82) is 0 Å². The number of nitrogens with zero attached hydrogens (tertiary/aromatic N) is 1. The van der Waals surface area contributed by atoms with Gasteiger partial charge in [0.15, 0.2) is 0 Å². The molecule has 0 saturated carbocycles. The van der Waals surface area contributed by atoms with E-state index in [1.807, 2.05) is 0 Å². The van der Waals surface area contributed by atoms with Gasteiger partial charge in [0.25, 0.3) is 5.91 Å². The van der Waals surface area contributed by atoms with Crippen molar-refractivity contribution in [3.05, 3.63) is 52.4 Å². The molecule has 1 aliphatic heterocycles. The molecule has 1 aliphatic rings. The zero-order valence-corrected chi connectivity index (χ0v) is 14.3. The molecular weight excluding hydrogens is 351 g/mol. The normalized spacial score (nSPS) is 17.6. The largest absolute Gasteiger partial charge is 0.472 e. The highest BCUT2D eigenvalue weighted by atomic mass is 35.5. The first-order chi connectivity index (χ1) is 11.6. The van der Waals surface area contributed by atoms with Crippen molar-refractivity contribution in [2.24, 2.45) is 5.92 Å². The summed E-state index contributed by atoms with van der Waals surface area (Å²) < 4.78 is 4.95. The quantitative estimate of drug-likeness (QED) is 0.889. The summed E-state index contributed by atoms with van der Waals surface area (Å²) >= 11 is 12.1. The molecule has 2 heterocycles. The van der Waals surface area contributed by atoms with E-state index in [-0.39, 0.29) is 17.7 Å². The molecule has 1 fully saturated rings. The molecule has 3 rings (SSSR count). The van der Waals surface area contributed by atoms with Crippen LogP contribution in [0.2, 0.25) is 10.0 Å². The summed E-state index contributed by atoms with van der Waals surface area (Å²) in [5.41, 5.74) is 0.974. The third-order valence-corrected chi connectivity index (χ3v) is 4.88. The van der Waals surface area contributed by atoms with Crippen LogP contribution in [0.25, 0.3) is 0 Å². The fraction of sp³-hybridized carbons (Fsp3) is 0.294. The third-order valence-electron chi connectivity index (χ3n) is 4.06. The molecule has 1 aromatic carbocycles. The minimum absolute atomic E-state index is 0.123. The number of carbonyl (C=O) groups excluding carboxylic acids is 2. The van der Waals surface area contributed by atoms with Crippen molar-refractivity contribution >= 4 is 40.7 Å². The summed E-state index contributed by atoms with van der Waals surface area (Å²) in [6.07, 6.45) is 4.37. The number of rotatable bonds is 3. The number of carbonyl (C=O) groups is 2. The van der Waals surface area contributed by atoms with Gasteiger partial charge >= 0.3 is 0 Å². The zero-order valence-electron chi connectivity index (χ0n) is 12.8. The number of hydrogen-bond donors (Lipinski definition) is 1. The number of furan rings is 1. The van der Waals surface area contributed by atoms with Gasteiger partial charge in [-0.05, 0) is 31.0 Å². The molecule has 5 nitrogen and oxygen atoms in total. The Balaban J connectivity index is 1.67. The lowest BCUT2D eigenvalue weighted by Gasteiger charge is -2.31. The van der Waals surface area contributed by atoms with Crippen LogP contribution in [0.5, 0.6) is 0 Å². The second-order valence-electron chi connectivity index (χ2n) is 5.69. The highest BCUT2D eigenvalue weighted by Crippen LogP contribution is 2.30. The standard InChI is InChI=1S/C17H16Cl2N2O3/c18-13-4-1-5-14(15(13)19)20-16(22)11-3-2-7-21(9-11)17(23)12-6-8-24-10-12/h1,4-6,8,10-11H,2-3,7,9H2,(H,20,22). The van der Waals surface area contributed by atoms with Crippen molar-refractivity contribution in [3.8, 4) is 0 Å². The van der Waals surface area contributed by atoms with Crippen LogP contribution in [0.4, 0.5) is 5.69 Å². The van der Waals surface area contributed by atoms with E-state index >= 15 is 0 Å². The molecule has 2 aromatic rings. The maximum atomic E-state index is 12.5. The van der Waals surface area contributed by atoms with Gasteiger partial charge in [-0.1, -0.05) is 29.3 Å². The van der Waals surface area contributed by atoms with Crippen LogP contribution in [-0.2, 0) is 4.79 Å². The predicted octanol–water partition coefficient (Wildman–Crippen LogP) is 4.08. The molecule has 1 saturated heterocycles. The molecule has 0 spiro atoms. The fourth-order valence-electron chi connectivity index (χ4n) is 2.78. The van der Waals surface area contributed by atoms with Gasteiger partial charge in [-0.25, -0.2) is 0 Å². The van der Waals surface area contributed by atoms with Crippen molar-refractivity contribution < 1.29 is 14.0 Å². The molecule has 24 heavy (non-hydrogen) atoms. The lowest BCUT2D eigenvalue weighted by atomic mass is 9.96. The number of nitrogens with one attached hydrogen (secondary N) is 1. The molecule has 0 bridgehead atoms. The average Bonchev–Trinajstić information content (AvgIpc) is 3.13. The first-order valence-corrected chi connectivity index (χ1v) is 8.38. The van der Waals surface area contributed by atoms with E-state index in [2.05, 4.69) is 5.32 Å². The molecule has 0 aliphatic carbocycles. The third kappa shape index (κ3) is 3.57. The van der Waals surface area contributed by atoms with Crippen molar-refractivity contribution in [1.82, 2.24) is 4.90 Å². The van der Waals surface area contributed by atoms with E-state index < -0.39 is 0 Å². The van der Waals surface area contributed by atoms with E-state index in [1.165, 1.54) is 12.5 Å². The zero-order chi connectivity index (χ0) is 17.1. The van der Waals surface area contributed by atoms with Gasteiger partial charge in [0, 0.05) is 13.1 Å². The SMILES string of the molecule is O=C(Nc1cccc(Cl)c1Cl)C1CCCN(C(=O)c2ccoc2)C1. The summed E-state index contributed by atoms with van der Waals surface area (Å²) in [5, 5.41) is 3.50. The highest BCUT2D eigenvalue weighted by Gasteiger charge is 2.29. The Labute approximate surface area is 149 Å². The van der Waals surface area contributed by atoms with Crippen LogP contribution in [0, 0.1) is 5.92 Å². The van der Waals surface area contributed by atoms with Gasteiger partial charge in [0.2, 0.25) is 5.91 Å². The predicted molar refractivity (Wildman–Crippen MR) is 92.4 cm³/mol. The Hall–Kier alpha value is -1.98. The van der Waals surface area contributed by atoms with E-state index in [1.54, 1.807) is 29.2 Å². The minimum Gasteiger partial charge on any atom is -0.472 e. The van der Waals surface area contributed by atoms with Gasteiger partial charge < -0.3 is 14.6 Å². The maximum Gasteiger partial charge on any atom is 0.257 e. The van der Waals surface area contributed by atoms with E-state index in [9.17, 15) is 9.59 Å². The summed E-state index contributed by atoms with van der Waals surface area (Å²) in [5.74, 6) is -0.574. The van der Waals surface area contributed by atoms with Crippen LogP contribution in [-0.4, -0.2) is 29.8 Å². The number of benzene rings is 1. The number of halogens is 2. The number of likely N-dealkylation sites (tertiary alicyclic amines) is 1. The van der Waals surface area contributed by atoms with Gasteiger partial charge in [-0.2, -0.15) is 0 Å². The number of piperidine rings is 1. The Kier molecular flexibility index (Phi) is 5.11. The van der Waals surface area contributed by atoms with Crippen LogP contribution in [0.1, 0.15) is 23.2 Å². The van der Waals surface area contributed by atoms with Crippen LogP contribution in [0.3, 0.4) is 0 Å². The van der Waals surface area contributed by atoms with Crippen LogP contribution < -0.4 is 5.32 Å². The molecule has 1 N–H and O–H groups in total. The van der Waals surface area contributed by atoms with Crippen LogP contribution in [0.15, 0.2) is 41.2 Å². The number of anilines is 1. The molecule has 1 aromatic heterocycles. The van der Waals surface area contributed by atoms with Crippen LogP contribution >= 0.6 is 23.2 Å². The fourth-order valence-corrected chi connectivity index (χ4v) is 3.13. The van der Waals surface area contributed by atoms with Gasteiger partial charge in [0.1, 0.15) is 6.26 Å². The van der Waals surface area contributed by atoms with E-state index in [0.29, 0.717) is 34.4 Å². The molecule has 7 heteroatoms. The maximum absolute atomic E-state index is 12.5. The van der Waals surface area contributed by atoms with Crippen molar-refractivity contribution in [2.45, 2.75) is 12.8 Å². The Bertz CT molecular complexity index is 746. The summed E-state index contributed by atoms with van der Waals surface area (Å²) in [6.45, 7) is 1.000. The van der Waals surface area contributed by atoms with Crippen molar-refractivity contribution in [3.63, 3.8) is 0 Å². The lowest BCUT2D eigenvalue weighted by molar-refractivity contribution is -0.121. The van der Waals surface area contributed by atoms with E-state index in [4.69, 9.17) is 27.6 Å². The Morgan fingerprint density at radius 2 is 2.08 bits per heavy atom. The molecule has 1 unspecified atom stereocenters. The van der Waals surface area contributed by atoms with Gasteiger partial charge in [-0.3, -0.25) is 9.59 Å². The number of hydrogen-bond acceptors (Lipinski definition) is 3.